The number of piperidine rings is 3. The van der Waals surface area contributed by atoms with Gasteiger partial charge < -0.3 is 0 Å². The predicted molar refractivity (Wildman–Crippen MR) is 43.3 cm³/mol. The van der Waals surface area contributed by atoms with Gasteiger partial charge in [0.1, 0.15) is 5.78 Å². The van der Waals surface area contributed by atoms with Crippen LogP contribution in [0.15, 0.2) is 0 Å². The summed E-state index contributed by atoms with van der Waals surface area (Å²) < 4.78 is 0. The van der Waals surface area contributed by atoms with Gasteiger partial charge in [-0.25, -0.2) is 0 Å². The molecule has 3 saturated heterocycles. The Balaban J connectivity index is 2.13. The second-order valence-electron chi connectivity index (χ2n) is 3.76. The van der Waals surface area contributed by atoms with Crippen molar-refractivity contribution in [3.05, 3.63) is 0 Å². The monoisotopic (exact) mass is 153 g/mol. The molecule has 0 aromatic rings. The van der Waals surface area contributed by atoms with Gasteiger partial charge >= 0.3 is 0 Å². The van der Waals surface area contributed by atoms with E-state index < -0.39 is 0 Å². The van der Waals surface area contributed by atoms with Crippen molar-refractivity contribution in [3.63, 3.8) is 0 Å². The molecule has 0 spiro atoms. The molecular weight excluding hydrogens is 138 g/mol. The molecule has 3 unspecified atom stereocenters. The first-order valence-electron chi connectivity index (χ1n) is 4.56. The van der Waals surface area contributed by atoms with Crippen molar-refractivity contribution >= 4 is 5.78 Å². The van der Waals surface area contributed by atoms with Crippen molar-refractivity contribution in [1.82, 2.24) is 4.90 Å². The molecule has 0 aromatic heterocycles. The zero-order valence-corrected chi connectivity index (χ0v) is 7.05. The van der Waals surface area contributed by atoms with Crippen LogP contribution >= 0.6 is 0 Å². The van der Waals surface area contributed by atoms with Crippen molar-refractivity contribution in [2.75, 3.05) is 19.6 Å². The number of nitrogens with zero attached hydrogens (tertiary/aromatic N) is 1. The largest absolute Gasteiger partial charge is 0.298 e. The first-order chi connectivity index (χ1) is 5.31. The average Bonchev–Trinajstić information content (AvgIpc) is 2.04. The molecular formula is C9H15NO. The number of ketones is 1. The number of carbonyl (C=O) groups is 1. The predicted octanol–water partition coefficient (Wildman–Crippen LogP) is 0.917. The van der Waals surface area contributed by atoms with Crippen LogP contribution in [0.1, 0.15) is 19.8 Å². The van der Waals surface area contributed by atoms with Gasteiger partial charge in [0.05, 0.1) is 6.54 Å². The lowest BCUT2D eigenvalue weighted by molar-refractivity contribution is -0.134. The van der Waals surface area contributed by atoms with E-state index in [1.807, 2.05) is 0 Å². The van der Waals surface area contributed by atoms with Gasteiger partial charge in [0.2, 0.25) is 0 Å². The lowest BCUT2D eigenvalue weighted by atomic mass is 9.77. The number of fused-ring (bicyclic) bond motifs is 3. The van der Waals surface area contributed by atoms with E-state index in [0.29, 0.717) is 17.6 Å². The number of hydrogen-bond donors (Lipinski definition) is 0. The van der Waals surface area contributed by atoms with E-state index in [0.717, 1.165) is 19.5 Å². The van der Waals surface area contributed by atoms with Crippen LogP contribution in [0.25, 0.3) is 0 Å². The molecule has 3 heterocycles. The van der Waals surface area contributed by atoms with E-state index in [4.69, 9.17) is 0 Å². The van der Waals surface area contributed by atoms with E-state index in [-0.39, 0.29) is 0 Å². The van der Waals surface area contributed by atoms with Gasteiger partial charge in [-0.3, -0.25) is 9.69 Å². The Morgan fingerprint density at radius 3 is 2.91 bits per heavy atom. The fraction of sp³-hybridized carbons (Fsp3) is 0.889. The highest BCUT2D eigenvalue weighted by Crippen LogP contribution is 2.31. The summed E-state index contributed by atoms with van der Waals surface area (Å²) in [5, 5.41) is 0. The van der Waals surface area contributed by atoms with E-state index in [9.17, 15) is 4.79 Å². The summed E-state index contributed by atoms with van der Waals surface area (Å²) in [6.45, 7) is 5.26. The van der Waals surface area contributed by atoms with Gasteiger partial charge in [-0.15, -0.1) is 0 Å². The van der Waals surface area contributed by atoms with Crippen molar-refractivity contribution < 1.29 is 4.79 Å². The Kier molecular flexibility index (Phi) is 1.72. The van der Waals surface area contributed by atoms with Crippen molar-refractivity contribution in [3.8, 4) is 0 Å². The molecule has 62 valence electrons. The lowest BCUT2D eigenvalue weighted by Gasteiger charge is -2.43. The molecule has 3 aliphatic heterocycles. The molecule has 0 aromatic carbocycles. The molecule has 3 fully saturated rings. The molecule has 0 saturated carbocycles. The third kappa shape index (κ3) is 1.09. The number of carbonyl (C=O) groups excluding carboxylic acids is 1. The van der Waals surface area contributed by atoms with Crippen molar-refractivity contribution in [2.45, 2.75) is 19.8 Å². The minimum Gasteiger partial charge on any atom is -0.298 e. The van der Waals surface area contributed by atoms with Crippen LogP contribution in [-0.4, -0.2) is 30.3 Å². The number of Topliss-reactive ketones (excluding diaryl/α,β-unsaturated/α-hetero) is 1. The fourth-order valence-electron chi connectivity index (χ4n) is 2.43. The molecule has 0 amide bonds. The molecule has 3 rings (SSSR count). The summed E-state index contributed by atoms with van der Waals surface area (Å²) in [5.41, 5.74) is 0. The highest BCUT2D eigenvalue weighted by atomic mass is 16.1. The van der Waals surface area contributed by atoms with Crippen molar-refractivity contribution in [2.24, 2.45) is 11.8 Å². The minimum atomic E-state index is 0.421. The van der Waals surface area contributed by atoms with E-state index >= 15 is 0 Å². The molecule has 3 atom stereocenters. The van der Waals surface area contributed by atoms with E-state index in [1.165, 1.54) is 13.0 Å². The summed E-state index contributed by atoms with van der Waals surface area (Å²) >= 11 is 0. The Morgan fingerprint density at radius 1 is 1.64 bits per heavy atom. The molecule has 11 heavy (non-hydrogen) atoms. The van der Waals surface area contributed by atoms with Crippen LogP contribution < -0.4 is 0 Å². The third-order valence-electron chi connectivity index (χ3n) is 3.14. The zero-order valence-electron chi connectivity index (χ0n) is 7.05. The summed E-state index contributed by atoms with van der Waals surface area (Å²) in [6, 6.07) is 0. The minimum absolute atomic E-state index is 0.421. The maximum atomic E-state index is 11.4. The molecule has 0 radical (unpaired) electrons. The SMILES string of the molecule is CCC1CN2CCC1C(=O)C2. The molecule has 3 aliphatic rings. The molecule has 0 aliphatic carbocycles. The Hall–Kier alpha value is -0.370. The second kappa shape index (κ2) is 2.59. The van der Waals surface area contributed by atoms with Crippen LogP contribution in [0.3, 0.4) is 0 Å². The molecule has 0 N–H and O–H groups in total. The topological polar surface area (TPSA) is 20.3 Å². The fourth-order valence-corrected chi connectivity index (χ4v) is 2.43. The lowest BCUT2D eigenvalue weighted by Crippen LogP contribution is -2.52. The van der Waals surface area contributed by atoms with Crippen LogP contribution in [0.2, 0.25) is 0 Å². The summed E-state index contributed by atoms with van der Waals surface area (Å²) in [5.74, 6) is 1.59. The zero-order chi connectivity index (χ0) is 7.84. The van der Waals surface area contributed by atoms with Gasteiger partial charge in [0.25, 0.3) is 0 Å². The first-order valence-corrected chi connectivity index (χ1v) is 4.56. The van der Waals surface area contributed by atoms with Gasteiger partial charge in [-0.2, -0.15) is 0 Å². The summed E-state index contributed by atoms with van der Waals surface area (Å²) in [6.07, 6.45) is 2.30. The number of hydrogen-bond acceptors (Lipinski definition) is 2. The molecule has 2 nitrogen and oxygen atoms in total. The smallest absolute Gasteiger partial charge is 0.150 e. The van der Waals surface area contributed by atoms with Crippen LogP contribution in [0.5, 0.6) is 0 Å². The summed E-state index contributed by atoms with van der Waals surface area (Å²) in [4.78, 5) is 13.7. The summed E-state index contributed by atoms with van der Waals surface area (Å²) in [7, 11) is 0. The van der Waals surface area contributed by atoms with Gasteiger partial charge in [-0.05, 0) is 18.9 Å². The Labute approximate surface area is 67.6 Å². The Bertz CT molecular complexity index is 178. The second-order valence-corrected chi connectivity index (χ2v) is 3.76. The van der Waals surface area contributed by atoms with E-state index in [1.54, 1.807) is 0 Å². The normalized spacial score (nSPS) is 43.0. The van der Waals surface area contributed by atoms with Crippen LogP contribution in [0.4, 0.5) is 0 Å². The van der Waals surface area contributed by atoms with Crippen LogP contribution in [-0.2, 0) is 4.79 Å². The number of rotatable bonds is 1. The maximum Gasteiger partial charge on any atom is 0.150 e. The highest BCUT2D eigenvalue weighted by molar-refractivity contribution is 5.84. The van der Waals surface area contributed by atoms with Crippen LogP contribution in [0, 0.1) is 11.8 Å². The van der Waals surface area contributed by atoms with Gasteiger partial charge in [-0.1, -0.05) is 13.3 Å². The maximum absolute atomic E-state index is 11.4. The Morgan fingerprint density at radius 2 is 2.45 bits per heavy atom. The third-order valence-corrected chi connectivity index (χ3v) is 3.14. The molecule has 2 heteroatoms. The van der Waals surface area contributed by atoms with Gasteiger partial charge in [0, 0.05) is 12.5 Å². The van der Waals surface area contributed by atoms with E-state index in [2.05, 4.69) is 11.8 Å². The van der Waals surface area contributed by atoms with Gasteiger partial charge in [0.15, 0.2) is 0 Å². The average molecular weight is 153 g/mol. The van der Waals surface area contributed by atoms with Crippen molar-refractivity contribution in [1.29, 1.82) is 0 Å². The molecule has 2 bridgehead atoms. The first kappa shape index (κ1) is 7.29. The highest BCUT2D eigenvalue weighted by Gasteiger charge is 2.38. The standard InChI is InChI=1S/C9H15NO/c1-2-7-5-10-4-3-8(7)9(11)6-10/h7-8H,2-6H2,1H3. The quantitative estimate of drug-likeness (QED) is 0.558.